The van der Waals surface area contributed by atoms with Crippen molar-refractivity contribution < 1.29 is 4.74 Å². The van der Waals surface area contributed by atoms with Crippen LogP contribution in [0.15, 0.2) is 11.4 Å². The fraction of sp³-hybridized carbons (Fsp3) is 0.333. The SMILES string of the molecule is COCc1c[c]sc1. The standard InChI is InChI=1S/C6H7OS/c1-7-4-6-2-3-8-5-6/h2,5H,4H2,1H3. The molecule has 0 unspecified atom stereocenters. The summed E-state index contributed by atoms with van der Waals surface area (Å²) in [7, 11) is 1.69. The highest BCUT2D eigenvalue weighted by Gasteiger charge is 1.87. The van der Waals surface area contributed by atoms with E-state index < -0.39 is 0 Å². The molecule has 0 saturated carbocycles. The smallest absolute Gasteiger partial charge is 0.0721 e. The molecule has 0 aliphatic carbocycles. The van der Waals surface area contributed by atoms with E-state index in [9.17, 15) is 0 Å². The summed E-state index contributed by atoms with van der Waals surface area (Å²) in [6.07, 6.45) is 0. The Labute approximate surface area is 52.9 Å². The van der Waals surface area contributed by atoms with Crippen LogP contribution in [0.5, 0.6) is 0 Å². The lowest BCUT2D eigenvalue weighted by atomic mass is 10.4. The summed E-state index contributed by atoms with van der Waals surface area (Å²) in [5, 5.41) is 5.01. The van der Waals surface area contributed by atoms with Crippen LogP contribution < -0.4 is 0 Å². The maximum Gasteiger partial charge on any atom is 0.0721 e. The molecule has 1 rings (SSSR count). The Bertz CT molecular complexity index is 134. The van der Waals surface area contributed by atoms with Gasteiger partial charge in [0.25, 0.3) is 0 Å². The molecular formula is C6H7OS. The monoisotopic (exact) mass is 127 g/mol. The summed E-state index contributed by atoms with van der Waals surface area (Å²) in [4.78, 5) is 0. The highest BCUT2D eigenvalue weighted by Crippen LogP contribution is 2.04. The molecular weight excluding hydrogens is 120 g/mol. The second-order valence-corrected chi connectivity index (χ2v) is 2.21. The summed E-state index contributed by atoms with van der Waals surface area (Å²) >= 11 is 1.57. The summed E-state index contributed by atoms with van der Waals surface area (Å²) in [5.74, 6) is 0. The molecule has 0 amide bonds. The molecule has 0 atom stereocenters. The lowest BCUT2D eigenvalue weighted by Gasteiger charge is -1.89. The van der Waals surface area contributed by atoms with Gasteiger partial charge in [-0.1, -0.05) is 0 Å². The predicted octanol–water partition coefficient (Wildman–Crippen LogP) is 1.69. The molecule has 43 valence electrons. The van der Waals surface area contributed by atoms with Gasteiger partial charge in [-0.05, 0) is 17.0 Å². The second kappa shape index (κ2) is 2.84. The number of methoxy groups -OCH3 is 1. The Morgan fingerprint density at radius 3 is 3.25 bits per heavy atom. The van der Waals surface area contributed by atoms with E-state index in [1.807, 2.05) is 11.4 Å². The Kier molecular flexibility index (Phi) is 2.06. The predicted molar refractivity (Wildman–Crippen MR) is 33.9 cm³/mol. The van der Waals surface area contributed by atoms with Crippen molar-refractivity contribution in [1.29, 1.82) is 0 Å². The minimum Gasteiger partial charge on any atom is -0.380 e. The fourth-order valence-corrected chi connectivity index (χ4v) is 1.07. The Morgan fingerprint density at radius 2 is 2.75 bits per heavy atom. The zero-order valence-electron chi connectivity index (χ0n) is 4.68. The van der Waals surface area contributed by atoms with Crippen molar-refractivity contribution in [2.75, 3.05) is 7.11 Å². The zero-order valence-corrected chi connectivity index (χ0v) is 5.49. The first-order chi connectivity index (χ1) is 3.93. The second-order valence-electron chi connectivity index (χ2n) is 1.51. The summed E-state index contributed by atoms with van der Waals surface area (Å²) in [6, 6.07) is 1.94. The Balaban J connectivity index is 2.50. The van der Waals surface area contributed by atoms with E-state index in [1.54, 1.807) is 18.4 Å². The van der Waals surface area contributed by atoms with Crippen LogP contribution in [0.25, 0.3) is 0 Å². The molecule has 2 heteroatoms. The van der Waals surface area contributed by atoms with Crippen molar-refractivity contribution in [3.05, 3.63) is 22.4 Å². The molecule has 1 aromatic heterocycles. The molecule has 1 radical (unpaired) electrons. The van der Waals surface area contributed by atoms with E-state index in [-0.39, 0.29) is 0 Å². The molecule has 1 aromatic rings. The van der Waals surface area contributed by atoms with Crippen LogP contribution in [0.2, 0.25) is 0 Å². The Morgan fingerprint density at radius 1 is 1.88 bits per heavy atom. The van der Waals surface area contributed by atoms with Gasteiger partial charge < -0.3 is 4.74 Å². The van der Waals surface area contributed by atoms with E-state index in [1.165, 1.54) is 5.56 Å². The van der Waals surface area contributed by atoms with Crippen molar-refractivity contribution >= 4 is 11.3 Å². The Hall–Kier alpha value is -0.340. The maximum atomic E-state index is 4.87. The molecule has 1 nitrogen and oxygen atoms in total. The summed E-state index contributed by atoms with van der Waals surface area (Å²) < 4.78 is 4.87. The highest BCUT2D eigenvalue weighted by molar-refractivity contribution is 7.07. The normalized spacial score (nSPS) is 9.62. The summed E-state index contributed by atoms with van der Waals surface area (Å²) in [5.41, 5.74) is 1.21. The number of hydrogen-bond donors (Lipinski definition) is 0. The van der Waals surface area contributed by atoms with Crippen LogP contribution in [0.3, 0.4) is 0 Å². The number of rotatable bonds is 2. The van der Waals surface area contributed by atoms with E-state index in [4.69, 9.17) is 4.74 Å². The maximum absolute atomic E-state index is 4.87. The first-order valence-electron chi connectivity index (χ1n) is 2.36. The quantitative estimate of drug-likeness (QED) is 0.587. The van der Waals surface area contributed by atoms with E-state index in [2.05, 4.69) is 5.38 Å². The van der Waals surface area contributed by atoms with Gasteiger partial charge in [-0.15, -0.1) is 11.3 Å². The molecule has 0 aliphatic rings. The van der Waals surface area contributed by atoms with Crippen molar-refractivity contribution in [3.63, 3.8) is 0 Å². The average Bonchev–Trinajstić information content (AvgIpc) is 2.19. The fourth-order valence-electron chi connectivity index (χ4n) is 0.496. The van der Waals surface area contributed by atoms with Gasteiger partial charge in [0.2, 0.25) is 0 Å². The highest BCUT2D eigenvalue weighted by atomic mass is 32.1. The van der Waals surface area contributed by atoms with Crippen molar-refractivity contribution in [2.45, 2.75) is 6.61 Å². The van der Waals surface area contributed by atoms with Gasteiger partial charge in [0.15, 0.2) is 0 Å². The molecule has 0 saturated heterocycles. The molecule has 0 N–H and O–H groups in total. The van der Waals surface area contributed by atoms with E-state index in [0.29, 0.717) is 6.61 Å². The lowest BCUT2D eigenvalue weighted by Crippen LogP contribution is -1.80. The van der Waals surface area contributed by atoms with Gasteiger partial charge in [0, 0.05) is 12.5 Å². The molecule has 8 heavy (non-hydrogen) atoms. The number of thiophene rings is 1. The third-order valence-electron chi connectivity index (χ3n) is 0.834. The van der Waals surface area contributed by atoms with Gasteiger partial charge >= 0.3 is 0 Å². The third kappa shape index (κ3) is 1.32. The van der Waals surface area contributed by atoms with Gasteiger partial charge in [0.1, 0.15) is 0 Å². The van der Waals surface area contributed by atoms with Gasteiger partial charge in [-0.25, -0.2) is 0 Å². The molecule has 0 fully saturated rings. The van der Waals surface area contributed by atoms with Crippen LogP contribution in [0, 0.1) is 5.38 Å². The van der Waals surface area contributed by atoms with Gasteiger partial charge in [-0.2, -0.15) is 0 Å². The third-order valence-corrected chi connectivity index (χ3v) is 1.51. The molecule has 0 aromatic carbocycles. The largest absolute Gasteiger partial charge is 0.380 e. The first kappa shape index (κ1) is 5.79. The average molecular weight is 127 g/mol. The van der Waals surface area contributed by atoms with Crippen LogP contribution in [0.1, 0.15) is 5.56 Å². The minimum absolute atomic E-state index is 0.708. The lowest BCUT2D eigenvalue weighted by molar-refractivity contribution is 0.185. The topological polar surface area (TPSA) is 9.23 Å². The molecule has 0 aliphatic heterocycles. The number of hydrogen-bond acceptors (Lipinski definition) is 2. The molecule has 1 heterocycles. The van der Waals surface area contributed by atoms with Crippen LogP contribution >= 0.6 is 11.3 Å². The van der Waals surface area contributed by atoms with Gasteiger partial charge in [0.05, 0.1) is 6.61 Å². The van der Waals surface area contributed by atoms with Crippen molar-refractivity contribution in [1.82, 2.24) is 0 Å². The summed E-state index contributed by atoms with van der Waals surface area (Å²) in [6.45, 7) is 0.708. The zero-order chi connectivity index (χ0) is 5.82. The molecule has 0 spiro atoms. The van der Waals surface area contributed by atoms with Crippen molar-refractivity contribution in [2.24, 2.45) is 0 Å². The van der Waals surface area contributed by atoms with Crippen LogP contribution in [-0.4, -0.2) is 7.11 Å². The first-order valence-corrected chi connectivity index (χ1v) is 3.24. The number of ether oxygens (including phenoxy) is 1. The van der Waals surface area contributed by atoms with Crippen LogP contribution in [-0.2, 0) is 11.3 Å². The van der Waals surface area contributed by atoms with E-state index in [0.717, 1.165) is 0 Å². The molecule has 0 bridgehead atoms. The van der Waals surface area contributed by atoms with Crippen molar-refractivity contribution in [3.8, 4) is 0 Å². The van der Waals surface area contributed by atoms with Gasteiger partial charge in [-0.3, -0.25) is 0 Å². The minimum atomic E-state index is 0.708. The van der Waals surface area contributed by atoms with Crippen LogP contribution in [0.4, 0.5) is 0 Å². The van der Waals surface area contributed by atoms with E-state index >= 15 is 0 Å².